The Morgan fingerprint density at radius 2 is 2.21 bits per heavy atom. The average Bonchev–Trinajstić information content (AvgIpc) is 3.17. The van der Waals surface area contributed by atoms with Crippen molar-refractivity contribution < 1.29 is 4.79 Å². The number of benzene rings is 1. The lowest BCUT2D eigenvalue weighted by Gasteiger charge is -2.12. The summed E-state index contributed by atoms with van der Waals surface area (Å²) in [7, 11) is 0. The fraction of sp³-hybridized carbons (Fsp3) is 0.111. The van der Waals surface area contributed by atoms with Gasteiger partial charge in [-0.05, 0) is 30.3 Å². The number of nitrogens with zero attached hydrogens (tertiary/aromatic N) is 2. The van der Waals surface area contributed by atoms with Crippen LogP contribution in [-0.4, -0.2) is 15.5 Å². The highest BCUT2D eigenvalue weighted by atomic mass is 35.5. The molecule has 0 aliphatic carbocycles. The minimum Gasteiger partial charge on any atom is -0.333 e. The highest BCUT2D eigenvalue weighted by Crippen LogP contribution is 2.41. The van der Waals surface area contributed by atoms with Gasteiger partial charge in [0.25, 0.3) is 5.91 Å². The molecular weight excluding hydrogens is 342 g/mol. The number of thioether (sulfide) groups is 1. The first-order valence-corrected chi connectivity index (χ1v) is 8.93. The first-order valence-electron chi connectivity index (χ1n) is 7.50. The van der Waals surface area contributed by atoms with Crippen LogP contribution in [0.3, 0.4) is 0 Å². The summed E-state index contributed by atoms with van der Waals surface area (Å²) in [5.74, 6) is 0.684. The van der Waals surface area contributed by atoms with Gasteiger partial charge in [-0.2, -0.15) is 0 Å². The zero-order valence-electron chi connectivity index (χ0n) is 12.6. The smallest absolute Gasteiger partial charge is 0.257 e. The van der Waals surface area contributed by atoms with Crippen LogP contribution in [0.2, 0.25) is 5.02 Å². The molecule has 1 aromatic carbocycles. The Labute approximate surface area is 148 Å². The molecule has 1 amide bonds. The second kappa shape index (κ2) is 6.34. The number of rotatable bonds is 3. The van der Waals surface area contributed by atoms with Gasteiger partial charge in [0.1, 0.15) is 5.37 Å². The third-order valence-corrected chi connectivity index (χ3v) is 5.44. The third kappa shape index (κ3) is 2.81. The topological polar surface area (TPSA) is 46.9 Å². The second-order valence-electron chi connectivity index (χ2n) is 5.50. The Morgan fingerprint density at radius 1 is 1.29 bits per heavy atom. The maximum atomic E-state index is 12.6. The van der Waals surface area contributed by atoms with Gasteiger partial charge >= 0.3 is 0 Å². The highest BCUT2D eigenvalue weighted by Gasteiger charge is 2.28. The van der Waals surface area contributed by atoms with Crippen LogP contribution in [0.4, 0.5) is 5.69 Å². The summed E-state index contributed by atoms with van der Waals surface area (Å²) in [5.41, 5.74) is 3.57. The first-order chi connectivity index (χ1) is 11.7. The molecule has 24 heavy (non-hydrogen) atoms. The summed E-state index contributed by atoms with van der Waals surface area (Å²) in [5, 5.41) is 3.68. The van der Waals surface area contributed by atoms with Gasteiger partial charge in [0, 0.05) is 46.3 Å². The SMILES string of the molecule is O=C(Nc1cccc(Cl)c1)c1ccn2c1CSC2c1cccnc1. The lowest BCUT2D eigenvalue weighted by atomic mass is 10.2. The molecule has 1 aliphatic rings. The quantitative estimate of drug-likeness (QED) is 0.747. The van der Waals surface area contributed by atoms with E-state index in [9.17, 15) is 4.79 Å². The Balaban J connectivity index is 1.59. The molecule has 0 saturated heterocycles. The van der Waals surface area contributed by atoms with Gasteiger partial charge in [0.2, 0.25) is 0 Å². The van der Waals surface area contributed by atoms with Crippen molar-refractivity contribution in [3.8, 4) is 0 Å². The summed E-state index contributed by atoms with van der Waals surface area (Å²) in [6, 6.07) is 13.0. The summed E-state index contributed by atoms with van der Waals surface area (Å²) in [4.78, 5) is 16.8. The lowest BCUT2D eigenvalue weighted by molar-refractivity contribution is 0.102. The number of aromatic nitrogens is 2. The third-order valence-electron chi connectivity index (χ3n) is 3.95. The fourth-order valence-electron chi connectivity index (χ4n) is 2.84. The monoisotopic (exact) mass is 355 g/mol. The summed E-state index contributed by atoms with van der Waals surface area (Å²) in [6.07, 6.45) is 5.61. The van der Waals surface area contributed by atoms with Crippen LogP contribution in [0.25, 0.3) is 0 Å². The van der Waals surface area contributed by atoms with Gasteiger partial charge in [-0.3, -0.25) is 9.78 Å². The number of pyridine rings is 1. The summed E-state index contributed by atoms with van der Waals surface area (Å²) in [6.45, 7) is 0. The van der Waals surface area contributed by atoms with E-state index < -0.39 is 0 Å². The molecule has 6 heteroatoms. The maximum absolute atomic E-state index is 12.6. The van der Waals surface area contributed by atoms with Crippen LogP contribution < -0.4 is 5.32 Å². The largest absolute Gasteiger partial charge is 0.333 e. The van der Waals surface area contributed by atoms with Crippen LogP contribution in [0, 0.1) is 0 Å². The molecule has 0 saturated carbocycles. The van der Waals surface area contributed by atoms with Crippen LogP contribution in [0.1, 0.15) is 27.0 Å². The van der Waals surface area contributed by atoms with E-state index >= 15 is 0 Å². The molecule has 0 radical (unpaired) electrons. The van der Waals surface area contributed by atoms with Crippen molar-refractivity contribution in [3.63, 3.8) is 0 Å². The molecule has 1 unspecified atom stereocenters. The van der Waals surface area contributed by atoms with Crippen molar-refractivity contribution in [2.75, 3.05) is 5.32 Å². The molecule has 1 atom stereocenters. The molecule has 0 fully saturated rings. The van der Waals surface area contributed by atoms with Crippen molar-refractivity contribution in [1.82, 2.24) is 9.55 Å². The molecule has 1 aliphatic heterocycles. The van der Waals surface area contributed by atoms with Gasteiger partial charge in [-0.25, -0.2) is 0 Å². The van der Waals surface area contributed by atoms with Crippen LogP contribution >= 0.6 is 23.4 Å². The maximum Gasteiger partial charge on any atom is 0.257 e. The van der Waals surface area contributed by atoms with Crippen molar-refractivity contribution in [2.24, 2.45) is 0 Å². The van der Waals surface area contributed by atoms with Crippen molar-refractivity contribution in [3.05, 3.63) is 82.9 Å². The number of carbonyl (C=O) groups excluding carboxylic acids is 1. The number of hydrogen-bond donors (Lipinski definition) is 1. The number of carbonyl (C=O) groups is 1. The lowest BCUT2D eigenvalue weighted by Crippen LogP contribution is -2.13. The van der Waals surface area contributed by atoms with E-state index in [1.165, 1.54) is 0 Å². The number of fused-ring (bicyclic) bond motifs is 1. The Kier molecular flexibility index (Phi) is 4.04. The molecule has 1 N–H and O–H groups in total. The zero-order chi connectivity index (χ0) is 16.5. The normalized spacial score (nSPS) is 16.0. The predicted octanol–water partition coefficient (Wildman–Crippen LogP) is 4.58. The van der Waals surface area contributed by atoms with E-state index in [-0.39, 0.29) is 11.3 Å². The first kappa shape index (κ1) is 15.3. The van der Waals surface area contributed by atoms with E-state index in [2.05, 4.69) is 20.9 Å². The fourth-order valence-corrected chi connectivity index (χ4v) is 4.34. The van der Waals surface area contributed by atoms with Crippen LogP contribution in [-0.2, 0) is 5.75 Å². The van der Waals surface area contributed by atoms with Gasteiger partial charge < -0.3 is 9.88 Å². The van der Waals surface area contributed by atoms with E-state index in [4.69, 9.17) is 11.6 Å². The molecule has 4 rings (SSSR count). The molecule has 3 heterocycles. The van der Waals surface area contributed by atoms with Crippen molar-refractivity contribution >= 4 is 35.0 Å². The molecular formula is C18H14ClN3OS. The van der Waals surface area contributed by atoms with Crippen LogP contribution in [0.15, 0.2) is 61.1 Å². The zero-order valence-corrected chi connectivity index (χ0v) is 14.2. The molecule has 0 bridgehead atoms. The van der Waals surface area contributed by atoms with E-state index in [0.717, 1.165) is 17.0 Å². The minimum atomic E-state index is -0.113. The molecule has 4 nitrogen and oxygen atoms in total. The van der Waals surface area contributed by atoms with Crippen molar-refractivity contribution in [2.45, 2.75) is 11.1 Å². The van der Waals surface area contributed by atoms with Crippen LogP contribution in [0.5, 0.6) is 0 Å². The Bertz CT molecular complexity index is 894. The van der Waals surface area contributed by atoms with E-state index in [1.54, 1.807) is 30.1 Å². The molecule has 120 valence electrons. The number of nitrogens with one attached hydrogen (secondary N) is 1. The summed E-state index contributed by atoms with van der Waals surface area (Å²) < 4.78 is 2.15. The average molecular weight is 356 g/mol. The highest BCUT2D eigenvalue weighted by molar-refractivity contribution is 7.99. The molecule has 2 aromatic heterocycles. The van der Waals surface area contributed by atoms with Crippen molar-refractivity contribution in [1.29, 1.82) is 0 Å². The minimum absolute atomic E-state index is 0.113. The van der Waals surface area contributed by atoms with Gasteiger partial charge in [-0.15, -0.1) is 11.8 Å². The summed E-state index contributed by atoms with van der Waals surface area (Å²) >= 11 is 7.76. The standard InChI is InChI=1S/C18H14ClN3OS/c19-13-4-1-5-14(9-13)21-17(23)15-6-8-22-16(15)11-24-18(22)12-3-2-7-20-10-12/h1-10,18H,11H2,(H,21,23). The van der Waals surface area contributed by atoms with Gasteiger partial charge in [0.05, 0.1) is 5.56 Å². The Hall–Kier alpha value is -2.24. The van der Waals surface area contributed by atoms with E-state index in [1.807, 2.05) is 36.7 Å². The van der Waals surface area contributed by atoms with E-state index in [0.29, 0.717) is 16.3 Å². The Morgan fingerprint density at radius 3 is 3.00 bits per heavy atom. The van der Waals surface area contributed by atoms with Gasteiger partial charge in [0.15, 0.2) is 0 Å². The van der Waals surface area contributed by atoms with Gasteiger partial charge in [-0.1, -0.05) is 23.7 Å². The molecule has 0 spiro atoms. The number of halogens is 1. The number of amides is 1. The predicted molar refractivity (Wildman–Crippen MR) is 97.5 cm³/mol. The number of hydrogen-bond acceptors (Lipinski definition) is 3. The number of anilines is 1. The second-order valence-corrected chi connectivity index (χ2v) is 7.00. The molecule has 3 aromatic rings.